The smallest absolute Gasteiger partial charge is 0.243 e. The van der Waals surface area contributed by atoms with Crippen molar-refractivity contribution in [3.05, 3.63) is 30.9 Å². The molecule has 12 heteroatoms. The highest BCUT2D eigenvalue weighted by Crippen LogP contribution is 2.30. The minimum atomic E-state index is -3.63. The van der Waals surface area contributed by atoms with Crippen molar-refractivity contribution < 1.29 is 17.9 Å². The second kappa shape index (κ2) is 10.7. The molecule has 0 aliphatic carbocycles. The number of hydrogen-bond donors (Lipinski definition) is 1. The van der Waals surface area contributed by atoms with E-state index in [-0.39, 0.29) is 16.6 Å². The zero-order valence-electron chi connectivity index (χ0n) is 17.4. The number of nitrogens with zero attached hydrogens (tertiary/aromatic N) is 5. The molecule has 31 heavy (non-hydrogen) atoms. The van der Waals surface area contributed by atoms with E-state index in [0.29, 0.717) is 42.8 Å². The molecule has 2 aromatic rings. The van der Waals surface area contributed by atoms with Crippen LogP contribution in [0.15, 0.2) is 40.9 Å². The van der Waals surface area contributed by atoms with Gasteiger partial charge >= 0.3 is 0 Å². The summed E-state index contributed by atoms with van der Waals surface area (Å²) in [5, 5.41) is 14.6. The molecular formula is C19H26N6O4S2. The molecule has 0 bridgehead atoms. The van der Waals surface area contributed by atoms with Crippen LogP contribution in [0.4, 0.5) is 5.69 Å². The molecule has 0 saturated carbocycles. The summed E-state index contributed by atoms with van der Waals surface area (Å²) in [6.07, 6.45) is 4.39. The molecule has 168 valence electrons. The summed E-state index contributed by atoms with van der Waals surface area (Å²) in [4.78, 5) is 12.7. The Balaban J connectivity index is 1.75. The normalized spacial score (nSPS) is 14.9. The Kier molecular flexibility index (Phi) is 8.04. The lowest BCUT2D eigenvalue weighted by molar-refractivity contribution is -0.113. The Hall–Kier alpha value is -2.44. The number of tetrazole rings is 1. The number of amides is 1. The number of nitrogens with one attached hydrogen (secondary N) is 1. The number of anilines is 1. The molecule has 10 nitrogen and oxygen atoms in total. The van der Waals surface area contributed by atoms with Crippen LogP contribution < -0.4 is 10.1 Å². The van der Waals surface area contributed by atoms with Crippen LogP contribution in [-0.4, -0.2) is 64.3 Å². The van der Waals surface area contributed by atoms with Crippen molar-refractivity contribution in [2.24, 2.45) is 0 Å². The van der Waals surface area contributed by atoms with Crippen molar-refractivity contribution in [1.29, 1.82) is 0 Å². The molecule has 0 radical (unpaired) electrons. The zero-order valence-corrected chi connectivity index (χ0v) is 19.0. The standard InChI is InChI=1S/C19H26N6O4S2/c1-3-10-25-19(21-22-23-25)30-14-18(26)20-16-13-15(8-9-17(16)29-4-2)31(27,28)24-11-6-5-7-12-24/h3,8-9,13H,1,4-7,10-12,14H2,2H3,(H,20,26). The van der Waals surface area contributed by atoms with E-state index < -0.39 is 10.0 Å². The van der Waals surface area contributed by atoms with Crippen LogP contribution in [0.1, 0.15) is 26.2 Å². The van der Waals surface area contributed by atoms with Gasteiger partial charge in [-0.2, -0.15) is 4.31 Å². The van der Waals surface area contributed by atoms with E-state index in [1.165, 1.54) is 32.9 Å². The van der Waals surface area contributed by atoms with Crippen LogP contribution in [0.3, 0.4) is 0 Å². The molecule has 1 aliphatic heterocycles. The summed E-state index contributed by atoms with van der Waals surface area (Å²) in [5.74, 6) is 0.133. The second-order valence-electron chi connectivity index (χ2n) is 6.82. The Morgan fingerprint density at radius 2 is 2.10 bits per heavy atom. The van der Waals surface area contributed by atoms with Crippen molar-refractivity contribution in [3.63, 3.8) is 0 Å². The summed E-state index contributed by atoms with van der Waals surface area (Å²) in [7, 11) is -3.63. The van der Waals surface area contributed by atoms with Gasteiger partial charge in [-0.25, -0.2) is 13.1 Å². The number of thioether (sulfide) groups is 1. The fourth-order valence-corrected chi connectivity index (χ4v) is 5.39. The molecule has 2 heterocycles. The van der Waals surface area contributed by atoms with Crippen LogP contribution in [0.2, 0.25) is 0 Å². The number of hydrogen-bond acceptors (Lipinski definition) is 8. The molecule has 0 spiro atoms. The molecule has 1 N–H and O–H groups in total. The molecule has 3 rings (SSSR count). The number of rotatable bonds is 10. The number of piperidine rings is 1. The lowest BCUT2D eigenvalue weighted by atomic mass is 10.2. The largest absolute Gasteiger partial charge is 0.492 e. The van der Waals surface area contributed by atoms with Gasteiger partial charge in [0.2, 0.25) is 21.1 Å². The van der Waals surface area contributed by atoms with Crippen molar-refractivity contribution in [2.45, 2.75) is 42.8 Å². The van der Waals surface area contributed by atoms with Gasteiger partial charge in [0.1, 0.15) is 5.75 Å². The van der Waals surface area contributed by atoms with Gasteiger partial charge in [-0.05, 0) is 48.4 Å². The fraction of sp³-hybridized carbons (Fsp3) is 0.474. The van der Waals surface area contributed by atoms with Crippen molar-refractivity contribution in [2.75, 3.05) is 30.8 Å². The van der Waals surface area contributed by atoms with Crippen molar-refractivity contribution in [1.82, 2.24) is 24.5 Å². The van der Waals surface area contributed by atoms with Crippen LogP contribution in [0.5, 0.6) is 5.75 Å². The van der Waals surface area contributed by atoms with Crippen LogP contribution in [0.25, 0.3) is 0 Å². The lowest BCUT2D eigenvalue weighted by Crippen LogP contribution is -2.35. The summed E-state index contributed by atoms with van der Waals surface area (Å²) in [6, 6.07) is 4.55. The first-order chi connectivity index (χ1) is 15.0. The van der Waals surface area contributed by atoms with E-state index in [2.05, 4.69) is 27.4 Å². The van der Waals surface area contributed by atoms with E-state index in [0.717, 1.165) is 19.3 Å². The third-order valence-electron chi connectivity index (χ3n) is 4.61. The summed E-state index contributed by atoms with van der Waals surface area (Å²) >= 11 is 1.17. The molecule has 1 amide bonds. The zero-order chi connectivity index (χ0) is 22.3. The molecule has 1 aromatic heterocycles. The summed E-state index contributed by atoms with van der Waals surface area (Å²) < 4.78 is 34.6. The average molecular weight is 467 g/mol. The van der Waals surface area contributed by atoms with Crippen LogP contribution in [-0.2, 0) is 21.4 Å². The predicted molar refractivity (Wildman–Crippen MR) is 118 cm³/mol. The Morgan fingerprint density at radius 3 is 2.81 bits per heavy atom. The predicted octanol–water partition coefficient (Wildman–Crippen LogP) is 2.16. The number of carbonyl (C=O) groups is 1. The maximum Gasteiger partial charge on any atom is 0.243 e. The van der Waals surface area contributed by atoms with Gasteiger partial charge in [-0.15, -0.1) is 11.7 Å². The highest BCUT2D eigenvalue weighted by molar-refractivity contribution is 7.99. The van der Waals surface area contributed by atoms with Crippen LogP contribution >= 0.6 is 11.8 Å². The maximum absolute atomic E-state index is 13.0. The molecule has 1 aliphatic rings. The Morgan fingerprint density at radius 1 is 1.32 bits per heavy atom. The molecule has 1 fully saturated rings. The number of benzene rings is 1. The van der Waals surface area contributed by atoms with Gasteiger partial charge in [0.05, 0.1) is 29.5 Å². The van der Waals surface area contributed by atoms with Gasteiger partial charge in [0, 0.05) is 13.1 Å². The second-order valence-corrected chi connectivity index (χ2v) is 9.71. The SMILES string of the molecule is C=CCn1nnnc1SCC(=O)Nc1cc(S(=O)(=O)N2CCCCC2)ccc1OCC. The topological polar surface area (TPSA) is 119 Å². The van der Waals surface area contributed by atoms with Crippen molar-refractivity contribution in [3.8, 4) is 5.75 Å². The lowest BCUT2D eigenvalue weighted by Gasteiger charge is -2.26. The van der Waals surface area contributed by atoms with E-state index in [1.54, 1.807) is 12.1 Å². The minimum absolute atomic E-state index is 0.0478. The third kappa shape index (κ3) is 5.83. The number of aromatic nitrogens is 4. The van der Waals surface area contributed by atoms with Gasteiger partial charge in [-0.3, -0.25) is 4.79 Å². The highest BCUT2D eigenvalue weighted by Gasteiger charge is 2.27. The first kappa shape index (κ1) is 23.2. The minimum Gasteiger partial charge on any atom is -0.492 e. The molecule has 0 unspecified atom stereocenters. The first-order valence-electron chi connectivity index (χ1n) is 10.0. The molecular weight excluding hydrogens is 440 g/mol. The number of allylic oxidation sites excluding steroid dienone is 1. The van der Waals surface area contributed by atoms with Crippen LogP contribution in [0, 0.1) is 0 Å². The summed E-state index contributed by atoms with van der Waals surface area (Å²) in [6.45, 7) is 7.29. The quantitative estimate of drug-likeness (QED) is 0.418. The monoisotopic (exact) mass is 466 g/mol. The van der Waals surface area contributed by atoms with Gasteiger partial charge in [0.25, 0.3) is 0 Å². The average Bonchev–Trinajstić information content (AvgIpc) is 3.21. The van der Waals surface area contributed by atoms with Gasteiger partial charge < -0.3 is 10.1 Å². The summed E-state index contributed by atoms with van der Waals surface area (Å²) in [5.41, 5.74) is 0.316. The van der Waals surface area contributed by atoms with E-state index in [4.69, 9.17) is 4.74 Å². The first-order valence-corrected chi connectivity index (χ1v) is 12.4. The molecule has 1 saturated heterocycles. The number of sulfonamides is 1. The van der Waals surface area contributed by atoms with Gasteiger partial charge in [-0.1, -0.05) is 24.3 Å². The number of ether oxygens (including phenoxy) is 1. The number of carbonyl (C=O) groups excluding carboxylic acids is 1. The van der Waals surface area contributed by atoms with E-state index in [9.17, 15) is 13.2 Å². The van der Waals surface area contributed by atoms with Gasteiger partial charge in [0.15, 0.2) is 0 Å². The van der Waals surface area contributed by atoms with Crippen molar-refractivity contribution >= 4 is 33.4 Å². The van der Waals surface area contributed by atoms with E-state index in [1.807, 2.05) is 6.92 Å². The maximum atomic E-state index is 13.0. The van der Waals surface area contributed by atoms with E-state index >= 15 is 0 Å². The Labute approximate surface area is 186 Å². The fourth-order valence-electron chi connectivity index (χ4n) is 3.16. The molecule has 1 aromatic carbocycles. The molecule has 0 atom stereocenters. The third-order valence-corrected chi connectivity index (χ3v) is 7.46. The Bertz CT molecular complexity index is 1020. The highest BCUT2D eigenvalue weighted by atomic mass is 32.2.